The van der Waals surface area contributed by atoms with Crippen LogP contribution in [0.2, 0.25) is 0 Å². The number of hydrogen-bond acceptors (Lipinski definition) is 5. The smallest absolute Gasteiger partial charge is 0.0849 e. The van der Waals surface area contributed by atoms with Crippen molar-refractivity contribution >= 4 is 0 Å². The van der Waals surface area contributed by atoms with Crippen molar-refractivity contribution in [3.05, 3.63) is 0 Å². The molecule has 1 unspecified atom stereocenters. The molecule has 5 heteroatoms. The summed E-state index contributed by atoms with van der Waals surface area (Å²) in [6, 6.07) is 0. The highest BCUT2D eigenvalue weighted by Gasteiger charge is 2.15. The Morgan fingerprint density at radius 2 is 1.60 bits per heavy atom. The summed E-state index contributed by atoms with van der Waals surface area (Å²) < 4.78 is 9.38. The summed E-state index contributed by atoms with van der Waals surface area (Å²) in [6.07, 6.45) is 0.737. The molecular formula is C10H24O5. The molecule has 0 heterocycles. The molecule has 0 aromatic carbocycles. The maximum atomic E-state index is 9.20. The quantitative estimate of drug-likeness (QED) is 0.521. The van der Waals surface area contributed by atoms with Crippen LogP contribution in [0, 0.1) is 0 Å². The van der Waals surface area contributed by atoms with Gasteiger partial charge in [0.15, 0.2) is 0 Å². The molecular weight excluding hydrogens is 200 g/mol. The van der Waals surface area contributed by atoms with Gasteiger partial charge in [0.05, 0.1) is 38.6 Å². The van der Waals surface area contributed by atoms with Gasteiger partial charge in [-0.3, -0.25) is 0 Å². The number of methoxy groups -OCH3 is 1. The zero-order valence-corrected chi connectivity index (χ0v) is 9.90. The Morgan fingerprint density at radius 1 is 1.13 bits per heavy atom. The Bertz CT molecular complexity index is 112. The third-order valence-corrected chi connectivity index (χ3v) is 1.69. The van der Waals surface area contributed by atoms with Crippen molar-refractivity contribution in [3.8, 4) is 0 Å². The fourth-order valence-electron chi connectivity index (χ4n) is 0.644. The van der Waals surface area contributed by atoms with Gasteiger partial charge in [0, 0.05) is 7.11 Å². The van der Waals surface area contributed by atoms with Crippen LogP contribution in [-0.4, -0.2) is 61.1 Å². The predicted molar refractivity (Wildman–Crippen MR) is 57.8 cm³/mol. The molecule has 0 aliphatic heterocycles. The summed E-state index contributed by atoms with van der Waals surface area (Å²) >= 11 is 0. The van der Waals surface area contributed by atoms with Gasteiger partial charge >= 0.3 is 0 Å². The van der Waals surface area contributed by atoms with E-state index in [9.17, 15) is 5.11 Å². The lowest BCUT2D eigenvalue weighted by Crippen LogP contribution is -2.28. The molecule has 5 nitrogen and oxygen atoms in total. The summed E-state index contributed by atoms with van der Waals surface area (Å²) in [5.41, 5.74) is -0.630. The predicted octanol–water partition coefficient (Wildman–Crippen LogP) is -0.219. The maximum Gasteiger partial charge on any atom is 0.0849 e. The zero-order chi connectivity index (χ0) is 12.2. The van der Waals surface area contributed by atoms with E-state index in [1.54, 1.807) is 14.0 Å². The molecule has 0 fully saturated rings. The van der Waals surface area contributed by atoms with Crippen molar-refractivity contribution in [2.75, 3.05) is 40.1 Å². The topological polar surface area (TPSA) is 79.2 Å². The number of aliphatic hydroxyl groups excluding tert-OH is 2. The number of hydrogen-bond donors (Lipinski definition) is 3. The molecule has 0 saturated heterocycles. The molecule has 0 amide bonds. The van der Waals surface area contributed by atoms with Crippen molar-refractivity contribution in [1.29, 1.82) is 0 Å². The van der Waals surface area contributed by atoms with Crippen molar-refractivity contribution in [1.82, 2.24) is 0 Å². The van der Waals surface area contributed by atoms with Gasteiger partial charge in [0.1, 0.15) is 0 Å². The molecule has 0 rings (SSSR count). The first-order valence-electron chi connectivity index (χ1n) is 5.04. The van der Waals surface area contributed by atoms with Gasteiger partial charge in [0.2, 0.25) is 0 Å². The summed E-state index contributed by atoms with van der Waals surface area (Å²) in [6.45, 7) is 4.81. The van der Waals surface area contributed by atoms with E-state index in [0.717, 1.165) is 6.42 Å². The first kappa shape index (κ1) is 17.2. The molecule has 1 atom stereocenters. The van der Waals surface area contributed by atoms with Gasteiger partial charge in [-0.2, -0.15) is 0 Å². The van der Waals surface area contributed by atoms with E-state index in [1.165, 1.54) is 0 Å². The minimum atomic E-state index is -0.630. The molecule has 0 saturated carbocycles. The van der Waals surface area contributed by atoms with Crippen LogP contribution in [0.1, 0.15) is 20.3 Å². The average molecular weight is 224 g/mol. The second kappa shape index (κ2) is 11.9. The van der Waals surface area contributed by atoms with Crippen LogP contribution in [-0.2, 0) is 9.47 Å². The second-order valence-electron chi connectivity index (χ2n) is 3.34. The summed E-state index contributed by atoms with van der Waals surface area (Å²) in [5.74, 6) is 0. The van der Waals surface area contributed by atoms with Crippen molar-refractivity contribution in [2.45, 2.75) is 25.9 Å². The van der Waals surface area contributed by atoms with Gasteiger partial charge in [-0.1, -0.05) is 6.92 Å². The average Bonchev–Trinajstić information content (AvgIpc) is 2.20. The lowest BCUT2D eigenvalue weighted by atomic mass is 10.1. The molecule has 0 spiro atoms. The van der Waals surface area contributed by atoms with Gasteiger partial charge in [0.25, 0.3) is 0 Å². The highest BCUT2D eigenvalue weighted by atomic mass is 16.5. The Morgan fingerprint density at radius 3 is 1.80 bits per heavy atom. The SMILES string of the molecule is CCC(C)(O)COC.OCCOCCO. The summed E-state index contributed by atoms with van der Waals surface area (Å²) in [4.78, 5) is 0. The molecule has 0 aromatic rings. The van der Waals surface area contributed by atoms with E-state index in [4.69, 9.17) is 14.9 Å². The van der Waals surface area contributed by atoms with Gasteiger partial charge in [-0.15, -0.1) is 0 Å². The molecule has 3 N–H and O–H groups in total. The van der Waals surface area contributed by atoms with E-state index in [2.05, 4.69) is 4.74 Å². The van der Waals surface area contributed by atoms with Crippen LogP contribution in [0.5, 0.6) is 0 Å². The van der Waals surface area contributed by atoms with Crippen LogP contribution < -0.4 is 0 Å². The maximum absolute atomic E-state index is 9.20. The van der Waals surface area contributed by atoms with Gasteiger partial charge < -0.3 is 24.8 Å². The number of rotatable bonds is 7. The first-order valence-corrected chi connectivity index (χ1v) is 5.04. The minimum absolute atomic E-state index is 0.0278. The fraction of sp³-hybridized carbons (Fsp3) is 1.00. The van der Waals surface area contributed by atoms with Crippen LogP contribution in [0.3, 0.4) is 0 Å². The standard InChI is InChI=1S/C6H14O2.C4H10O3/c1-4-6(2,7)5-8-3;5-1-3-7-4-2-6/h7H,4-5H2,1-3H3;5-6H,1-4H2. The highest BCUT2D eigenvalue weighted by Crippen LogP contribution is 2.06. The molecule has 0 radical (unpaired) electrons. The lowest BCUT2D eigenvalue weighted by Gasteiger charge is -2.18. The van der Waals surface area contributed by atoms with Crippen LogP contribution in [0.4, 0.5) is 0 Å². The van der Waals surface area contributed by atoms with Crippen LogP contribution >= 0.6 is 0 Å². The van der Waals surface area contributed by atoms with Crippen molar-refractivity contribution in [2.24, 2.45) is 0 Å². The lowest BCUT2D eigenvalue weighted by molar-refractivity contribution is -0.0191. The minimum Gasteiger partial charge on any atom is -0.394 e. The van der Waals surface area contributed by atoms with Crippen LogP contribution in [0.15, 0.2) is 0 Å². The molecule has 0 bridgehead atoms. The van der Waals surface area contributed by atoms with Crippen molar-refractivity contribution < 1.29 is 24.8 Å². The Kier molecular flexibility index (Phi) is 13.6. The van der Waals surface area contributed by atoms with Gasteiger partial charge in [-0.25, -0.2) is 0 Å². The monoisotopic (exact) mass is 224 g/mol. The van der Waals surface area contributed by atoms with Gasteiger partial charge in [-0.05, 0) is 13.3 Å². The van der Waals surface area contributed by atoms with E-state index in [1.807, 2.05) is 6.92 Å². The largest absolute Gasteiger partial charge is 0.394 e. The molecule has 94 valence electrons. The van der Waals surface area contributed by atoms with E-state index in [0.29, 0.717) is 19.8 Å². The van der Waals surface area contributed by atoms with E-state index in [-0.39, 0.29) is 13.2 Å². The first-order chi connectivity index (χ1) is 7.04. The zero-order valence-electron chi connectivity index (χ0n) is 9.90. The van der Waals surface area contributed by atoms with Crippen molar-refractivity contribution in [3.63, 3.8) is 0 Å². The summed E-state index contributed by atoms with van der Waals surface area (Å²) in [7, 11) is 1.59. The molecule has 0 aliphatic carbocycles. The Labute approximate surface area is 91.6 Å². The third-order valence-electron chi connectivity index (χ3n) is 1.69. The van der Waals surface area contributed by atoms with E-state index >= 15 is 0 Å². The third kappa shape index (κ3) is 16.5. The molecule has 0 aromatic heterocycles. The summed E-state index contributed by atoms with van der Waals surface area (Å²) in [5, 5.41) is 25.4. The van der Waals surface area contributed by atoms with Crippen LogP contribution in [0.25, 0.3) is 0 Å². The number of aliphatic hydroxyl groups is 3. The fourth-order valence-corrected chi connectivity index (χ4v) is 0.644. The second-order valence-corrected chi connectivity index (χ2v) is 3.34. The number of ether oxygens (including phenoxy) is 2. The molecule has 0 aliphatic rings. The normalized spacial score (nSPS) is 14.0. The molecule has 15 heavy (non-hydrogen) atoms. The Balaban J connectivity index is 0. The van der Waals surface area contributed by atoms with E-state index < -0.39 is 5.60 Å². The highest BCUT2D eigenvalue weighted by molar-refractivity contribution is 4.67. The Hall–Kier alpha value is -0.200.